The molecule has 0 aliphatic heterocycles. The molecule has 0 spiro atoms. The molecule has 3 heteroatoms. The molecule has 82 valence electrons. The number of aryl methyl sites for hydroxylation is 1. The molecule has 3 nitrogen and oxygen atoms in total. The highest BCUT2D eigenvalue weighted by Crippen LogP contribution is 2.33. The monoisotopic (exact) mass is 206 g/mol. The number of aliphatic hydroxyl groups excluding tert-OH is 1. The molecule has 0 saturated heterocycles. The van der Waals surface area contributed by atoms with Gasteiger partial charge in [0.25, 0.3) is 0 Å². The van der Waals surface area contributed by atoms with E-state index in [0.29, 0.717) is 6.04 Å². The van der Waals surface area contributed by atoms with Crippen molar-refractivity contribution in [2.45, 2.75) is 57.1 Å². The second-order valence-electron chi connectivity index (χ2n) is 4.82. The second kappa shape index (κ2) is 3.63. The summed E-state index contributed by atoms with van der Waals surface area (Å²) in [5, 5.41) is 9.91. The lowest BCUT2D eigenvalue weighted by Gasteiger charge is -2.21. The first-order chi connectivity index (χ1) is 7.36. The van der Waals surface area contributed by atoms with Gasteiger partial charge in [-0.3, -0.25) is 0 Å². The summed E-state index contributed by atoms with van der Waals surface area (Å²) in [6, 6.07) is 0.305. The first-order valence-corrected chi connectivity index (χ1v) is 6.09. The SMILES string of the molecule is O[C@H]1CCC[C@@H]1n1cnc2c1CCCC2. The van der Waals surface area contributed by atoms with Gasteiger partial charge in [-0.05, 0) is 44.9 Å². The maximum Gasteiger partial charge on any atom is 0.0955 e. The average molecular weight is 206 g/mol. The van der Waals surface area contributed by atoms with E-state index in [0.717, 1.165) is 32.1 Å². The summed E-state index contributed by atoms with van der Waals surface area (Å²) in [6.07, 6.45) is 9.86. The number of imidazole rings is 1. The Hall–Kier alpha value is -0.830. The summed E-state index contributed by atoms with van der Waals surface area (Å²) in [5.74, 6) is 0. The molecular formula is C12H18N2O. The third kappa shape index (κ3) is 1.49. The van der Waals surface area contributed by atoms with E-state index >= 15 is 0 Å². The number of aromatic nitrogens is 2. The van der Waals surface area contributed by atoms with E-state index < -0.39 is 0 Å². The highest BCUT2D eigenvalue weighted by atomic mass is 16.3. The summed E-state index contributed by atoms with van der Waals surface area (Å²) in [4.78, 5) is 4.49. The van der Waals surface area contributed by atoms with Gasteiger partial charge < -0.3 is 9.67 Å². The van der Waals surface area contributed by atoms with E-state index in [4.69, 9.17) is 0 Å². The molecule has 3 rings (SSSR count). The van der Waals surface area contributed by atoms with Gasteiger partial charge in [-0.2, -0.15) is 0 Å². The Balaban J connectivity index is 1.94. The van der Waals surface area contributed by atoms with Crippen molar-refractivity contribution in [1.29, 1.82) is 0 Å². The first-order valence-electron chi connectivity index (χ1n) is 6.09. The molecule has 1 heterocycles. The van der Waals surface area contributed by atoms with Crippen LogP contribution in [-0.4, -0.2) is 20.8 Å². The summed E-state index contributed by atoms with van der Waals surface area (Å²) >= 11 is 0. The Kier molecular flexibility index (Phi) is 2.28. The quantitative estimate of drug-likeness (QED) is 0.761. The van der Waals surface area contributed by atoms with Crippen LogP contribution in [0, 0.1) is 0 Å². The van der Waals surface area contributed by atoms with Crippen molar-refractivity contribution >= 4 is 0 Å². The van der Waals surface area contributed by atoms with Gasteiger partial charge in [0.05, 0.1) is 24.2 Å². The van der Waals surface area contributed by atoms with Crippen LogP contribution in [0.4, 0.5) is 0 Å². The maximum absolute atomic E-state index is 9.91. The third-order valence-corrected chi connectivity index (χ3v) is 3.86. The minimum absolute atomic E-state index is 0.148. The highest BCUT2D eigenvalue weighted by molar-refractivity contribution is 5.17. The number of nitrogens with zero attached hydrogens (tertiary/aromatic N) is 2. The van der Waals surface area contributed by atoms with Gasteiger partial charge in [-0.15, -0.1) is 0 Å². The zero-order chi connectivity index (χ0) is 10.3. The number of aliphatic hydroxyl groups is 1. The Bertz CT molecular complexity index is 359. The number of rotatable bonds is 1. The van der Waals surface area contributed by atoms with Gasteiger partial charge in [-0.1, -0.05) is 0 Å². The van der Waals surface area contributed by atoms with Crippen molar-refractivity contribution in [1.82, 2.24) is 9.55 Å². The van der Waals surface area contributed by atoms with Gasteiger partial charge >= 0.3 is 0 Å². The van der Waals surface area contributed by atoms with Gasteiger partial charge in [0.15, 0.2) is 0 Å². The zero-order valence-electron chi connectivity index (χ0n) is 9.02. The van der Waals surface area contributed by atoms with Gasteiger partial charge in [0.1, 0.15) is 0 Å². The number of hydrogen-bond donors (Lipinski definition) is 1. The standard InChI is InChI=1S/C12H18N2O/c15-12-7-3-6-11(12)14-8-13-9-4-1-2-5-10(9)14/h8,11-12,15H,1-7H2/t11-,12-/m0/s1. The summed E-state index contributed by atoms with van der Waals surface area (Å²) in [5.41, 5.74) is 2.67. The van der Waals surface area contributed by atoms with Crippen LogP contribution in [0.2, 0.25) is 0 Å². The molecule has 0 bridgehead atoms. The number of hydrogen-bond acceptors (Lipinski definition) is 2. The molecule has 1 saturated carbocycles. The van der Waals surface area contributed by atoms with E-state index in [1.54, 1.807) is 0 Å². The minimum Gasteiger partial charge on any atom is -0.391 e. The molecular weight excluding hydrogens is 188 g/mol. The smallest absolute Gasteiger partial charge is 0.0955 e. The van der Waals surface area contributed by atoms with Crippen molar-refractivity contribution in [2.75, 3.05) is 0 Å². The fourth-order valence-corrected chi connectivity index (χ4v) is 3.02. The average Bonchev–Trinajstić information content (AvgIpc) is 2.83. The van der Waals surface area contributed by atoms with Crippen molar-refractivity contribution in [3.05, 3.63) is 17.7 Å². The van der Waals surface area contributed by atoms with E-state index in [-0.39, 0.29) is 6.10 Å². The molecule has 2 aliphatic rings. The summed E-state index contributed by atoms with van der Waals surface area (Å²) in [7, 11) is 0. The van der Waals surface area contributed by atoms with Crippen molar-refractivity contribution in [3.63, 3.8) is 0 Å². The van der Waals surface area contributed by atoms with Crippen LogP contribution >= 0.6 is 0 Å². The van der Waals surface area contributed by atoms with E-state index in [1.165, 1.54) is 24.2 Å². The minimum atomic E-state index is -0.148. The van der Waals surface area contributed by atoms with E-state index in [9.17, 15) is 5.11 Å². The lowest BCUT2D eigenvalue weighted by molar-refractivity contribution is 0.135. The molecule has 2 aliphatic carbocycles. The first kappa shape index (κ1) is 9.40. The van der Waals surface area contributed by atoms with Crippen LogP contribution in [0.15, 0.2) is 6.33 Å². The van der Waals surface area contributed by atoms with Crippen LogP contribution < -0.4 is 0 Å². The largest absolute Gasteiger partial charge is 0.391 e. The molecule has 0 radical (unpaired) electrons. The van der Waals surface area contributed by atoms with E-state index in [1.807, 2.05) is 6.33 Å². The van der Waals surface area contributed by atoms with Crippen LogP contribution in [0.5, 0.6) is 0 Å². The van der Waals surface area contributed by atoms with E-state index in [2.05, 4.69) is 9.55 Å². The fraction of sp³-hybridized carbons (Fsp3) is 0.750. The lowest BCUT2D eigenvalue weighted by atomic mass is 10.0. The lowest BCUT2D eigenvalue weighted by Crippen LogP contribution is -2.20. The van der Waals surface area contributed by atoms with Gasteiger partial charge in [0, 0.05) is 5.69 Å². The molecule has 1 fully saturated rings. The maximum atomic E-state index is 9.91. The van der Waals surface area contributed by atoms with Crippen molar-refractivity contribution in [3.8, 4) is 0 Å². The molecule has 0 aromatic carbocycles. The molecule has 1 aromatic heterocycles. The van der Waals surface area contributed by atoms with Gasteiger partial charge in [-0.25, -0.2) is 4.98 Å². The molecule has 1 aromatic rings. The summed E-state index contributed by atoms with van der Waals surface area (Å²) < 4.78 is 2.26. The summed E-state index contributed by atoms with van der Waals surface area (Å²) in [6.45, 7) is 0. The molecule has 1 N–H and O–H groups in total. The topological polar surface area (TPSA) is 38.0 Å². The van der Waals surface area contributed by atoms with Crippen molar-refractivity contribution < 1.29 is 5.11 Å². The molecule has 0 amide bonds. The molecule has 2 atom stereocenters. The normalized spacial score (nSPS) is 30.5. The van der Waals surface area contributed by atoms with Crippen LogP contribution in [-0.2, 0) is 12.8 Å². The predicted octanol–water partition coefficient (Wildman–Crippen LogP) is 1.85. The second-order valence-corrected chi connectivity index (χ2v) is 4.82. The van der Waals surface area contributed by atoms with Crippen LogP contribution in [0.1, 0.15) is 49.5 Å². The van der Waals surface area contributed by atoms with Crippen LogP contribution in [0.3, 0.4) is 0 Å². The Labute approximate surface area is 90.1 Å². The third-order valence-electron chi connectivity index (χ3n) is 3.86. The Morgan fingerprint density at radius 3 is 2.87 bits per heavy atom. The zero-order valence-corrected chi connectivity index (χ0v) is 9.02. The predicted molar refractivity (Wildman–Crippen MR) is 57.8 cm³/mol. The van der Waals surface area contributed by atoms with Gasteiger partial charge in [0.2, 0.25) is 0 Å². The Morgan fingerprint density at radius 2 is 2.07 bits per heavy atom. The number of fused-ring (bicyclic) bond motifs is 1. The highest BCUT2D eigenvalue weighted by Gasteiger charge is 2.29. The Morgan fingerprint density at radius 1 is 1.20 bits per heavy atom. The molecule has 0 unspecified atom stereocenters. The molecule has 15 heavy (non-hydrogen) atoms. The van der Waals surface area contributed by atoms with Crippen molar-refractivity contribution in [2.24, 2.45) is 0 Å². The fourth-order valence-electron chi connectivity index (χ4n) is 3.02. The van der Waals surface area contributed by atoms with Crippen LogP contribution in [0.25, 0.3) is 0 Å².